The summed E-state index contributed by atoms with van der Waals surface area (Å²) in [5.74, 6) is -0.376. The molecule has 0 radical (unpaired) electrons. The monoisotopic (exact) mass is 296 g/mol. The number of unbranched alkanes of at least 4 members (excludes halogenated alkanes) is 8. The highest BCUT2D eigenvalue weighted by molar-refractivity contribution is 5.79. The van der Waals surface area contributed by atoms with E-state index in [0.717, 1.165) is 38.5 Å². The molecule has 0 aromatic rings. The molecule has 3 heteroatoms. The predicted octanol–water partition coefficient (Wildman–Crippen LogP) is 5.29. The second kappa shape index (κ2) is 15.3. The molecule has 122 valence electrons. The van der Waals surface area contributed by atoms with E-state index in [2.05, 4.69) is 13.0 Å². The Morgan fingerprint density at radius 1 is 0.810 bits per heavy atom. The molecule has 0 bridgehead atoms. The van der Waals surface area contributed by atoms with Crippen LogP contribution in [0, 0.1) is 0 Å². The van der Waals surface area contributed by atoms with Gasteiger partial charge in [-0.15, -0.1) is 0 Å². The minimum atomic E-state index is -0.717. The van der Waals surface area contributed by atoms with E-state index in [0.29, 0.717) is 12.2 Å². The van der Waals surface area contributed by atoms with Crippen molar-refractivity contribution in [2.75, 3.05) is 0 Å². The molecule has 0 saturated heterocycles. The summed E-state index contributed by atoms with van der Waals surface area (Å²) in [4.78, 5) is 21.9. The van der Waals surface area contributed by atoms with Crippen molar-refractivity contribution >= 4 is 11.8 Å². The fourth-order valence-corrected chi connectivity index (χ4v) is 2.25. The second-order valence-electron chi connectivity index (χ2n) is 5.73. The Kier molecular flexibility index (Phi) is 14.5. The van der Waals surface area contributed by atoms with E-state index >= 15 is 0 Å². The third kappa shape index (κ3) is 16.8. The lowest BCUT2D eigenvalue weighted by atomic mass is 10.1. The number of rotatable bonds is 15. The van der Waals surface area contributed by atoms with Gasteiger partial charge in [-0.2, -0.15) is 0 Å². The fraction of sp³-hybridized carbons (Fsp3) is 0.778. The highest BCUT2D eigenvalue weighted by Gasteiger charge is 1.99. The Morgan fingerprint density at radius 3 is 2.14 bits per heavy atom. The van der Waals surface area contributed by atoms with Crippen molar-refractivity contribution in [1.82, 2.24) is 0 Å². The van der Waals surface area contributed by atoms with Crippen LogP contribution in [-0.4, -0.2) is 16.9 Å². The van der Waals surface area contributed by atoms with Gasteiger partial charge in [0.15, 0.2) is 0 Å². The summed E-state index contributed by atoms with van der Waals surface area (Å²) in [7, 11) is 0. The third-order valence-corrected chi connectivity index (χ3v) is 3.58. The predicted molar refractivity (Wildman–Crippen MR) is 87.5 cm³/mol. The van der Waals surface area contributed by atoms with E-state index < -0.39 is 5.97 Å². The highest BCUT2D eigenvalue weighted by atomic mass is 16.4. The first-order valence-corrected chi connectivity index (χ1v) is 8.55. The van der Waals surface area contributed by atoms with Gasteiger partial charge in [-0.3, -0.25) is 9.59 Å². The van der Waals surface area contributed by atoms with E-state index in [1.165, 1.54) is 32.1 Å². The average molecular weight is 296 g/mol. The van der Waals surface area contributed by atoms with Gasteiger partial charge in [0.25, 0.3) is 0 Å². The topological polar surface area (TPSA) is 54.4 Å². The normalized spacial score (nSPS) is 11.1. The van der Waals surface area contributed by atoms with Gasteiger partial charge in [-0.25, -0.2) is 0 Å². The van der Waals surface area contributed by atoms with E-state index in [-0.39, 0.29) is 6.42 Å². The lowest BCUT2D eigenvalue weighted by Crippen LogP contribution is -1.95. The standard InChI is InChI=1S/C18H32O3/c1-2-3-4-5-8-11-14-17(19)15-12-9-6-7-10-13-16-18(20)21/h9,12H,2-8,10-11,13-16H2,1H3,(H,20,21). The lowest BCUT2D eigenvalue weighted by molar-refractivity contribution is -0.137. The number of carbonyl (C=O) groups is 2. The summed E-state index contributed by atoms with van der Waals surface area (Å²) in [6, 6.07) is 0. The molecule has 0 aliphatic rings. The maximum atomic E-state index is 11.6. The van der Waals surface area contributed by atoms with Crippen LogP contribution in [0.5, 0.6) is 0 Å². The van der Waals surface area contributed by atoms with Crippen molar-refractivity contribution in [3.8, 4) is 0 Å². The largest absolute Gasteiger partial charge is 0.481 e. The number of aliphatic carboxylic acids is 1. The van der Waals surface area contributed by atoms with Gasteiger partial charge < -0.3 is 5.11 Å². The first-order chi connectivity index (χ1) is 10.2. The van der Waals surface area contributed by atoms with Gasteiger partial charge in [0.05, 0.1) is 0 Å². The molecule has 1 N–H and O–H groups in total. The molecule has 0 aromatic carbocycles. The quantitative estimate of drug-likeness (QED) is 0.330. The number of carbonyl (C=O) groups excluding carboxylic acids is 1. The Hall–Kier alpha value is -1.12. The molecule has 0 saturated carbocycles. The zero-order chi connectivity index (χ0) is 15.8. The summed E-state index contributed by atoms with van der Waals surface area (Å²) in [6.07, 6.45) is 16.6. The van der Waals surface area contributed by atoms with Gasteiger partial charge in [0.2, 0.25) is 0 Å². The van der Waals surface area contributed by atoms with Crippen molar-refractivity contribution in [2.24, 2.45) is 0 Å². The smallest absolute Gasteiger partial charge is 0.303 e. The number of hydrogen-bond donors (Lipinski definition) is 1. The molecule has 0 amide bonds. The van der Waals surface area contributed by atoms with E-state index in [1.807, 2.05) is 6.08 Å². The molecule has 0 fully saturated rings. The van der Waals surface area contributed by atoms with E-state index in [1.54, 1.807) is 0 Å². The lowest BCUT2D eigenvalue weighted by Gasteiger charge is -1.99. The molecule has 0 unspecified atom stereocenters. The van der Waals surface area contributed by atoms with E-state index in [4.69, 9.17) is 5.11 Å². The van der Waals surface area contributed by atoms with Crippen LogP contribution in [0.15, 0.2) is 12.2 Å². The minimum Gasteiger partial charge on any atom is -0.481 e. The highest BCUT2D eigenvalue weighted by Crippen LogP contribution is 2.08. The van der Waals surface area contributed by atoms with Crippen LogP contribution in [-0.2, 0) is 9.59 Å². The molecular weight excluding hydrogens is 264 g/mol. The molecule has 0 heterocycles. The Balaban J connectivity index is 3.31. The number of ketones is 1. The zero-order valence-electron chi connectivity index (χ0n) is 13.6. The summed E-state index contributed by atoms with van der Waals surface area (Å²) in [6.45, 7) is 2.21. The molecular formula is C18H32O3. The fourth-order valence-electron chi connectivity index (χ4n) is 2.25. The van der Waals surface area contributed by atoms with Crippen LogP contribution in [0.1, 0.15) is 90.4 Å². The molecule has 0 rings (SSSR count). The summed E-state index contributed by atoms with van der Waals surface area (Å²) in [5, 5.41) is 8.50. The average Bonchev–Trinajstić information content (AvgIpc) is 2.45. The second-order valence-corrected chi connectivity index (χ2v) is 5.73. The van der Waals surface area contributed by atoms with Crippen molar-refractivity contribution in [2.45, 2.75) is 90.4 Å². The van der Waals surface area contributed by atoms with Gasteiger partial charge in [0, 0.05) is 19.3 Å². The van der Waals surface area contributed by atoms with Crippen LogP contribution < -0.4 is 0 Å². The van der Waals surface area contributed by atoms with Crippen LogP contribution in [0.2, 0.25) is 0 Å². The van der Waals surface area contributed by atoms with Crippen molar-refractivity contribution in [3.63, 3.8) is 0 Å². The van der Waals surface area contributed by atoms with Crippen LogP contribution in [0.3, 0.4) is 0 Å². The Morgan fingerprint density at radius 2 is 1.43 bits per heavy atom. The van der Waals surface area contributed by atoms with Crippen LogP contribution >= 0.6 is 0 Å². The zero-order valence-corrected chi connectivity index (χ0v) is 13.6. The number of hydrogen-bond acceptors (Lipinski definition) is 2. The number of carboxylic acid groups (broad SMARTS) is 1. The maximum Gasteiger partial charge on any atom is 0.303 e. The third-order valence-electron chi connectivity index (χ3n) is 3.58. The summed E-state index contributed by atoms with van der Waals surface area (Å²) < 4.78 is 0. The van der Waals surface area contributed by atoms with Crippen molar-refractivity contribution < 1.29 is 14.7 Å². The first-order valence-electron chi connectivity index (χ1n) is 8.55. The number of allylic oxidation sites excluding steroid dienone is 2. The Labute approximate surface area is 129 Å². The van der Waals surface area contributed by atoms with Crippen molar-refractivity contribution in [3.05, 3.63) is 12.2 Å². The Bertz CT molecular complexity index is 295. The van der Waals surface area contributed by atoms with Gasteiger partial charge in [-0.1, -0.05) is 57.6 Å². The van der Waals surface area contributed by atoms with Crippen LogP contribution in [0.25, 0.3) is 0 Å². The summed E-state index contributed by atoms with van der Waals surface area (Å²) >= 11 is 0. The minimum absolute atomic E-state index is 0.264. The van der Waals surface area contributed by atoms with Gasteiger partial charge >= 0.3 is 5.97 Å². The molecule has 3 nitrogen and oxygen atoms in total. The molecule has 0 atom stereocenters. The number of Topliss-reactive ketones (excluding diaryl/α,β-unsaturated/α-hetero) is 1. The van der Waals surface area contributed by atoms with Gasteiger partial charge in [0.1, 0.15) is 5.78 Å². The molecule has 0 aliphatic carbocycles. The molecule has 0 spiro atoms. The SMILES string of the molecule is CCCCCCCCC(=O)CC=CCCCCCC(=O)O. The molecule has 0 aromatic heterocycles. The molecule has 21 heavy (non-hydrogen) atoms. The maximum absolute atomic E-state index is 11.6. The van der Waals surface area contributed by atoms with Crippen molar-refractivity contribution in [1.29, 1.82) is 0 Å². The first kappa shape index (κ1) is 19.9. The summed E-state index contributed by atoms with van der Waals surface area (Å²) in [5.41, 5.74) is 0. The van der Waals surface area contributed by atoms with Gasteiger partial charge in [-0.05, 0) is 25.7 Å². The molecule has 0 aliphatic heterocycles. The number of carboxylic acids is 1. The van der Waals surface area contributed by atoms with Crippen LogP contribution in [0.4, 0.5) is 0 Å². The van der Waals surface area contributed by atoms with E-state index in [9.17, 15) is 9.59 Å².